The molecule has 1 rings (SSSR count). The highest BCUT2D eigenvalue weighted by atomic mass is 32.1. The van der Waals surface area contributed by atoms with Crippen LogP contribution in [0.2, 0.25) is 0 Å². The largest absolute Gasteiger partial charge is 0.492 e. The molecule has 3 nitrogen and oxygen atoms in total. The lowest BCUT2D eigenvalue weighted by Crippen LogP contribution is -2.23. The van der Waals surface area contributed by atoms with E-state index < -0.39 is 0 Å². The van der Waals surface area contributed by atoms with Crippen LogP contribution in [-0.2, 0) is 0 Å². The van der Waals surface area contributed by atoms with Crippen LogP contribution in [0.5, 0.6) is 5.75 Å². The van der Waals surface area contributed by atoms with Crippen molar-refractivity contribution in [3.05, 3.63) is 16.3 Å². The van der Waals surface area contributed by atoms with Crippen LogP contribution in [0.3, 0.4) is 0 Å². The van der Waals surface area contributed by atoms with Gasteiger partial charge in [-0.05, 0) is 24.8 Å². The molecule has 0 atom stereocenters. The molecular weight excluding hydrogens is 198 g/mol. The lowest BCUT2D eigenvalue weighted by molar-refractivity contribution is 0.0954. The lowest BCUT2D eigenvalue weighted by atomic mass is 10.4. The Hall–Kier alpha value is -1.03. The number of hydrogen-bond acceptors (Lipinski definition) is 3. The van der Waals surface area contributed by atoms with E-state index in [1.54, 1.807) is 0 Å². The van der Waals surface area contributed by atoms with Gasteiger partial charge in [0.1, 0.15) is 10.6 Å². The predicted molar refractivity (Wildman–Crippen MR) is 58.1 cm³/mol. The Kier molecular flexibility index (Phi) is 4.46. The van der Waals surface area contributed by atoms with Gasteiger partial charge in [-0.1, -0.05) is 6.92 Å². The molecule has 0 spiro atoms. The van der Waals surface area contributed by atoms with Gasteiger partial charge in [0, 0.05) is 6.54 Å². The molecule has 1 aromatic heterocycles. The molecule has 78 valence electrons. The van der Waals surface area contributed by atoms with Crippen LogP contribution < -0.4 is 10.1 Å². The zero-order chi connectivity index (χ0) is 10.4. The van der Waals surface area contributed by atoms with Gasteiger partial charge in [0.15, 0.2) is 0 Å². The summed E-state index contributed by atoms with van der Waals surface area (Å²) in [5.41, 5.74) is 0. The first-order valence-corrected chi connectivity index (χ1v) is 5.66. The van der Waals surface area contributed by atoms with E-state index in [0.29, 0.717) is 23.8 Å². The third-order valence-electron chi connectivity index (χ3n) is 1.67. The number of thiophene rings is 1. The zero-order valence-corrected chi connectivity index (χ0v) is 9.32. The Morgan fingerprint density at radius 2 is 2.36 bits per heavy atom. The van der Waals surface area contributed by atoms with E-state index in [4.69, 9.17) is 4.74 Å². The summed E-state index contributed by atoms with van der Waals surface area (Å²) in [6, 6.07) is 1.83. The molecule has 1 N–H and O–H groups in total. The van der Waals surface area contributed by atoms with E-state index in [-0.39, 0.29) is 5.91 Å². The van der Waals surface area contributed by atoms with Gasteiger partial charge in [0.05, 0.1) is 6.61 Å². The maximum atomic E-state index is 11.6. The topological polar surface area (TPSA) is 38.3 Å². The van der Waals surface area contributed by atoms with Crippen molar-refractivity contribution in [2.45, 2.75) is 20.3 Å². The number of rotatable bonds is 5. The summed E-state index contributed by atoms with van der Waals surface area (Å²) in [4.78, 5) is 12.2. The van der Waals surface area contributed by atoms with Gasteiger partial charge < -0.3 is 10.1 Å². The zero-order valence-electron chi connectivity index (χ0n) is 8.50. The number of hydrogen-bond donors (Lipinski definition) is 1. The molecule has 0 unspecified atom stereocenters. The van der Waals surface area contributed by atoms with Crippen molar-refractivity contribution in [2.75, 3.05) is 13.2 Å². The van der Waals surface area contributed by atoms with Crippen molar-refractivity contribution < 1.29 is 9.53 Å². The Balaban J connectivity index is 2.63. The minimum atomic E-state index is -0.0368. The number of carbonyl (C=O) groups excluding carboxylic acids is 1. The second-order valence-electron chi connectivity index (χ2n) is 2.80. The summed E-state index contributed by atoms with van der Waals surface area (Å²) in [7, 11) is 0. The van der Waals surface area contributed by atoms with Crippen molar-refractivity contribution in [3.8, 4) is 5.75 Å². The van der Waals surface area contributed by atoms with Gasteiger partial charge >= 0.3 is 0 Å². The van der Waals surface area contributed by atoms with Gasteiger partial charge in [-0.2, -0.15) is 0 Å². The molecule has 0 bridgehead atoms. The number of nitrogens with one attached hydrogen (secondary N) is 1. The summed E-state index contributed by atoms with van der Waals surface area (Å²) in [6.45, 7) is 5.23. The van der Waals surface area contributed by atoms with Crippen molar-refractivity contribution in [3.63, 3.8) is 0 Å². The number of ether oxygens (including phenoxy) is 1. The van der Waals surface area contributed by atoms with Crippen molar-refractivity contribution >= 4 is 17.2 Å². The van der Waals surface area contributed by atoms with Crippen molar-refractivity contribution in [1.29, 1.82) is 0 Å². The molecule has 0 radical (unpaired) electrons. The minimum Gasteiger partial charge on any atom is -0.492 e. The summed E-state index contributed by atoms with van der Waals surface area (Å²) in [5, 5.41) is 4.69. The van der Waals surface area contributed by atoms with Crippen LogP contribution in [0.4, 0.5) is 0 Å². The molecule has 0 aliphatic heterocycles. The van der Waals surface area contributed by atoms with Crippen molar-refractivity contribution in [1.82, 2.24) is 5.32 Å². The molecule has 0 fully saturated rings. The van der Waals surface area contributed by atoms with Crippen LogP contribution in [-0.4, -0.2) is 19.1 Å². The first-order valence-electron chi connectivity index (χ1n) is 4.78. The minimum absolute atomic E-state index is 0.0368. The second kappa shape index (κ2) is 5.65. The lowest BCUT2D eigenvalue weighted by Gasteiger charge is -2.04. The highest BCUT2D eigenvalue weighted by Gasteiger charge is 2.12. The molecule has 0 aliphatic carbocycles. The number of carbonyl (C=O) groups is 1. The van der Waals surface area contributed by atoms with E-state index in [2.05, 4.69) is 5.32 Å². The summed E-state index contributed by atoms with van der Waals surface area (Å²) in [5.74, 6) is 0.649. The molecule has 0 saturated carbocycles. The Morgan fingerprint density at radius 1 is 1.57 bits per heavy atom. The normalized spacial score (nSPS) is 9.86. The maximum Gasteiger partial charge on any atom is 0.265 e. The molecule has 1 aromatic rings. The van der Waals surface area contributed by atoms with Crippen LogP contribution in [0.1, 0.15) is 29.9 Å². The highest BCUT2D eigenvalue weighted by Crippen LogP contribution is 2.24. The molecule has 1 amide bonds. The predicted octanol–water partition coefficient (Wildman–Crippen LogP) is 2.29. The molecule has 1 heterocycles. The molecule has 0 aliphatic rings. The number of amides is 1. The first kappa shape index (κ1) is 11.0. The average molecular weight is 213 g/mol. The van der Waals surface area contributed by atoms with Gasteiger partial charge in [0.2, 0.25) is 0 Å². The standard InChI is InChI=1S/C10H15NO2S/c1-3-6-11-10(12)9-8(13-4-2)5-7-14-9/h5,7H,3-4,6H2,1-2H3,(H,11,12). The third kappa shape index (κ3) is 2.73. The first-order chi connectivity index (χ1) is 6.79. The van der Waals surface area contributed by atoms with E-state index in [9.17, 15) is 4.79 Å². The second-order valence-corrected chi connectivity index (χ2v) is 3.72. The average Bonchev–Trinajstić information content (AvgIpc) is 2.63. The Morgan fingerprint density at radius 3 is 3.00 bits per heavy atom. The summed E-state index contributed by atoms with van der Waals surface area (Å²) >= 11 is 1.41. The molecule has 0 aromatic carbocycles. The fraction of sp³-hybridized carbons (Fsp3) is 0.500. The van der Waals surface area contributed by atoms with Gasteiger partial charge in [-0.3, -0.25) is 4.79 Å². The molecule has 14 heavy (non-hydrogen) atoms. The van der Waals surface area contributed by atoms with E-state index >= 15 is 0 Å². The fourth-order valence-corrected chi connectivity index (χ4v) is 1.80. The molecular formula is C10H15NO2S. The van der Waals surface area contributed by atoms with Crippen LogP contribution >= 0.6 is 11.3 Å². The quantitative estimate of drug-likeness (QED) is 0.815. The van der Waals surface area contributed by atoms with Gasteiger partial charge in [-0.15, -0.1) is 11.3 Å². The Bertz CT molecular complexity index is 296. The van der Waals surface area contributed by atoms with E-state index in [1.807, 2.05) is 25.3 Å². The van der Waals surface area contributed by atoms with Gasteiger partial charge in [0.25, 0.3) is 5.91 Å². The summed E-state index contributed by atoms with van der Waals surface area (Å²) in [6.07, 6.45) is 0.946. The maximum absolute atomic E-state index is 11.6. The molecule has 0 saturated heterocycles. The highest BCUT2D eigenvalue weighted by molar-refractivity contribution is 7.12. The fourth-order valence-electron chi connectivity index (χ4n) is 1.05. The van der Waals surface area contributed by atoms with Crippen LogP contribution in [0, 0.1) is 0 Å². The van der Waals surface area contributed by atoms with Crippen molar-refractivity contribution in [2.24, 2.45) is 0 Å². The smallest absolute Gasteiger partial charge is 0.265 e. The Labute approximate surface area is 88.1 Å². The van der Waals surface area contributed by atoms with E-state index in [1.165, 1.54) is 11.3 Å². The monoisotopic (exact) mass is 213 g/mol. The third-order valence-corrected chi connectivity index (χ3v) is 2.57. The van der Waals surface area contributed by atoms with Crippen LogP contribution in [0.25, 0.3) is 0 Å². The summed E-state index contributed by atoms with van der Waals surface area (Å²) < 4.78 is 5.33. The SMILES string of the molecule is CCCNC(=O)c1sccc1OCC. The van der Waals surface area contributed by atoms with Crippen LogP contribution in [0.15, 0.2) is 11.4 Å². The van der Waals surface area contributed by atoms with Gasteiger partial charge in [-0.25, -0.2) is 0 Å². The molecule has 4 heteroatoms. The van der Waals surface area contributed by atoms with E-state index in [0.717, 1.165) is 6.42 Å².